The summed E-state index contributed by atoms with van der Waals surface area (Å²) >= 11 is 6.01. The molecule has 1 N–H and O–H groups in total. The van der Waals surface area contributed by atoms with Crippen molar-refractivity contribution in [1.82, 2.24) is 10.2 Å². The second-order valence-corrected chi connectivity index (χ2v) is 9.24. The Morgan fingerprint density at radius 2 is 1.78 bits per heavy atom. The first kappa shape index (κ1) is 24.1. The Hall–Kier alpha value is -2.53. The van der Waals surface area contributed by atoms with E-state index in [4.69, 9.17) is 16.3 Å². The molecule has 32 heavy (non-hydrogen) atoms. The lowest BCUT2D eigenvalue weighted by Gasteiger charge is -2.30. The first-order valence-corrected chi connectivity index (χ1v) is 11.7. The molecule has 5 nitrogen and oxygen atoms in total. The maximum absolute atomic E-state index is 13.2. The Kier molecular flexibility index (Phi) is 8.19. The molecule has 0 bridgehead atoms. The molecule has 2 aromatic carbocycles. The van der Waals surface area contributed by atoms with Gasteiger partial charge in [0.15, 0.2) is 6.61 Å². The van der Waals surface area contributed by atoms with Crippen molar-refractivity contribution in [1.29, 1.82) is 0 Å². The van der Waals surface area contributed by atoms with Gasteiger partial charge >= 0.3 is 0 Å². The maximum Gasteiger partial charge on any atom is 0.261 e. The van der Waals surface area contributed by atoms with Crippen LogP contribution in [0.25, 0.3) is 0 Å². The third kappa shape index (κ3) is 6.26. The molecule has 0 unspecified atom stereocenters. The fraction of sp³-hybridized carbons (Fsp3) is 0.462. The van der Waals surface area contributed by atoms with E-state index in [9.17, 15) is 9.59 Å². The molecule has 0 spiro atoms. The van der Waals surface area contributed by atoms with Crippen LogP contribution >= 0.6 is 11.6 Å². The number of amides is 2. The van der Waals surface area contributed by atoms with Gasteiger partial charge in [-0.3, -0.25) is 9.59 Å². The van der Waals surface area contributed by atoms with Crippen molar-refractivity contribution < 1.29 is 14.3 Å². The fourth-order valence-electron chi connectivity index (χ4n) is 4.13. The average molecular weight is 457 g/mol. The first-order valence-electron chi connectivity index (χ1n) is 11.3. The van der Waals surface area contributed by atoms with Gasteiger partial charge in [0.1, 0.15) is 11.8 Å². The monoisotopic (exact) mass is 456 g/mol. The van der Waals surface area contributed by atoms with Crippen LogP contribution in [0.5, 0.6) is 5.75 Å². The summed E-state index contributed by atoms with van der Waals surface area (Å²) in [5.41, 5.74) is 4.12. The van der Waals surface area contributed by atoms with Crippen LogP contribution in [0.3, 0.4) is 0 Å². The Labute approximate surface area is 196 Å². The molecule has 0 heterocycles. The molecule has 172 valence electrons. The average Bonchev–Trinajstić information content (AvgIpc) is 3.27. The van der Waals surface area contributed by atoms with E-state index in [2.05, 4.69) is 11.4 Å². The van der Waals surface area contributed by atoms with Gasteiger partial charge in [0.25, 0.3) is 5.91 Å². The van der Waals surface area contributed by atoms with Gasteiger partial charge < -0.3 is 15.0 Å². The molecule has 6 heteroatoms. The molecule has 1 aliphatic rings. The summed E-state index contributed by atoms with van der Waals surface area (Å²) in [6.07, 6.45) is 4.27. The van der Waals surface area contributed by atoms with Gasteiger partial charge in [-0.15, -0.1) is 0 Å². The normalized spacial score (nSPS) is 14.8. The summed E-state index contributed by atoms with van der Waals surface area (Å²) in [4.78, 5) is 27.8. The highest BCUT2D eigenvalue weighted by molar-refractivity contribution is 6.30. The van der Waals surface area contributed by atoms with Crippen LogP contribution in [-0.4, -0.2) is 35.4 Å². The zero-order chi connectivity index (χ0) is 23.3. The summed E-state index contributed by atoms with van der Waals surface area (Å²) < 4.78 is 5.92. The number of nitrogens with zero attached hydrogens (tertiary/aromatic N) is 1. The van der Waals surface area contributed by atoms with Crippen LogP contribution in [0.2, 0.25) is 5.02 Å². The second-order valence-electron chi connectivity index (χ2n) is 8.81. The van der Waals surface area contributed by atoms with Crippen LogP contribution in [0, 0.1) is 20.8 Å². The summed E-state index contributed by atoms with van der Waals surface area (Å²) in [6.45, 7) is 7.98. The molecule has 0 saturated heterocycles. The van der Waals surface area contributed by atoms with E-state index in [1.54, 1.807) is 24.0 Å². The van der Waals surface area contributed by atoms with E-state index in [0.717, 1.165) is 47.9 Å². The van der Waals surface area contributed by atoms with Crippen molar-refractivity contribution in [3.05, 3.63) is 63.7 Å². The summed E-state index contributed by atoms with van der Waals surface area (Å²) in [6, 6.07) is 10.9. The second kappa shape index (κ2) is 10.9. The molecule has 2 aromatic rings. The van der Waals surface area contributed by atoms with Gasteiger partial charge in [0.2, 0.25) is 5.91 Å². The molecule has 1 atom stereocenters. The highest BCUT2D eigenvalue weighted by atomic mass is 35.5. The number of rotatable bonds is 8. The zero-order valence-electron chi connectivity index (χ0n) is 19.4. The van der Waals surface area contributed by atoms with Crippen molar-refractivity contribution in [2.75, 3.05) is 6.61 Å². The third-order valence-corrected chi connectivity index (χ3v) is 6.50. The van der Waals surface area contributed by atoms with E-state index < -0.39 is 6.04 Å². The lowest BCUT2D eigenvalue weighted by Crippen LogP contribution is -2.50. The number of ether oxygens (including phenoxy) is 1. The minimum absolute atomic E-state index is 0.123. The van der Waals surface area contributed by atoms with E-state index >= 15 is 0 Å². The van der Waals surface area contributed by atoms with Crippen molar-refractivity contribution in [2.45, 2.75) is 72.0 Å². The summed E-state index contributed by atoms with van der Waals surface area (Å²) in [5, 5.41) is 3.74. The Bertz CT molecular complexity index is 952. The van der Waals surface area contributed by atoms with E-state index in [-0.39, 0.29) is 24.5 Å². The van der Waals surface area contributed by atoms with Crippen LogP contribution in [0.1, 0.15) is 54.9 Å². The lowest BCUT2D eigenvalue weighted by molar-refractivity contribution is -0.142. The molecule has 0 aromatic heterocycles. The van der Waals surface area contributed by atoms with Crippen molar-refractivity contribution in [3.8, 4) is 5.75 Å². The number of benzene rings is 2. The Balaban J connectivity index is 1.74. The van der Waals surface area contributed by atoms with E-state index in [1.165, 1.54) is 0 Å². The summed E-state index contributed by atoms with van der Waals surface area (Å²) in [5.74, 6) is 0.347. The molecule has 1 fully saturated rings. The molecule has 0 radical (unpaired) electrons. The Morgan fingerprint density at radius 1 is 1.12 bits per heavy atom. The SMILES string of the molecule is Cc1cc(C)c(C)c(OCC(=O)N(Cc2ccc(Cl)cc2)[C@@H](C)C(=O)NC2CCCC2)c1. The molecule has 1 aliphatic carbocycles. The largest absolute Gasteiger partial charge is 0.483 e. The highest BCUT2D eigenvalue weighted by Crippen LogP contribution is 2.24. The van der Waals surface area contributed by atoms with Gasteiger partial charge in [-0.25, -0.2) is 0 Å². The van der Waals surface area contributed by atoms with Crippen molar-refractivity contribution >= 4 is 23.4 Å². The predicted molar refractivity (Wildman–Crippen MR) is 128 cm³/mol. The van der Waals surface area contributed by atoms with E-state index in [0.29, 0.717) is 17.3 Å². The molecule has 2 amide bonds. The zero-order valence-corrected chi connectivity index (χ0v) is 20.2. The molecule has 1 saturated carbocycles. The number of carbonyl (C=O) groups excluding carboxylic acids is 2. The quantitative estimate of drug-likeness (QED) is 0.599. The predicted octanol–water partition coefficient (Wildman–Crippen LogP) is 5.12. The van der Waals surface area contributed by atoms with Crippen molar-refractivity contribution in [2.24, 2.45) is 0 Å². The van der Waals surface area contributed by atoms with Gasteiger partial charge in [0, 0.05) is 17.6 Å². The minimum Gasteiger partial charge on any atom is -0.483 e. The van der Waals surface area contributed by atoms with Crippen LogP contribution < -0.4 is 10.1 Å². The standard InChI is InChI=1S/C26H33ClN2O3/c1-17-13-18(2)19(3)24(14-17)32-16-25(30)29(15-21-9-11-22(27)12-10-21)20(4)26(31)28-23-7-5-6-8-23/h9-14,20,23H,5-8,15-16H2,1-4H3,(H,28,31)/t20-/m0/s1. The molecule has 3 rings (SSSR count). The van der Waals surface area contributed by atoms with Gasteiger partial charge in [0.05, 0.1) is 0 Å². The number of carbonyl (C=O) groups is 2. The maximum atomic E-state index is 13.2. The van der Waals surface area contributed by atoms with Crippen molar-refractivity contribution in [3.63, 3.8) is 0 Å². The number of hydrogen-bond donors (Lipinski definition) is 1. The fourth-order valence-corrected chi connectivity index (χ4v) is 4.26. The van der Waals surface area contributed by atoms with Gasteiger partial charge in [-0.2, -0.15) is 0 Å². The summed E-state index contributed by atoms with van der Waals surface area (Å²) in [7, 11) is 0. The Morgan fingerprint density at radius 3 is 2.44 bits per heavy atom. The van der Waals surface area contributed by atoms with Crippen LogP contribution in [0.15, 0.2) is 36.4 Å². The number of nitrogens with one attached hydrogen (secondary N) is 1. The number of aryl methyl sites for hydroxylation is 2. The highest BCUT2D eigenvalue weighted by Gasteiger charge is 2.28. The lowest BCUT2D eigenvalue weighted by atomic mass is 10.1. The van der Waals surface area contributed by atoms with Gasteiger partial charge in [-0.1, -0.05) is 42.6 Å². The smallest absolute Gasteiger partial charge is 0.261 e. The minimum atomic E-state index is -0.609. The molecular formula is C26H33ClN2O3. The number of hydrogen-bond acceptors (Lipinski definition) is 3. The first-order chi connectivity index (χ1) is 15.2. The van der Waals surface area contributed by atoms with Crippen LogP contribution in [0.4, 0.5) is 0 Å². The topological polar surface area (TPSA) is 58.6 Å². The molecule has 0 aliphatic heterocycles. The third-order valence-electron chi connectivity index (χ3n) is 6.25. The van der Waals surface area contributed by atoms with Crippen LogP contribution in [-0.2, 0) is 16.1 Å². The van der Waals surface area contributed by atoms with Gasteiger partial charge in [-0.05, 0) is 81.0 Å². The number of halogens is 1. The van der Waals surface area contributed by atoms with E-state index in [1.807, 2.05) is 39.0 Å². The molecular weight excluding hydrogens is 424 g/mol.